The van der Waals surface area contributed by atoms with Crippen LogP contribution in [-0.4, -0.2) is 26.1 Å². The standard InChI is InChI=1S/C13H14F3NO2/c14-13(15,16)19-12-4-2-1-3-11(12)18-9-10-5-7-17-8-6-10/h1-5,17H,6-9H2. The lowest BCUT2D eigenvalue weighted by atomic mass is 10.1. The quantitative estimate of drug-likeness (QED) is 0.856. The minimum absolute atomic E-state index is 0.0965. The average Bonchev–Trinajstić information content (AvgIpc) is 2.37. The third kappa shape index (κ3) is 4.48. The van der Waals surface area contributed by atoms with Gasteiger partial charge in [0.25, 0.3) is 0 Å². The highest BCUT2D eigenvalue weighted by atomic mass is 19.4. The van der Waals surface area contributed by atoms with E-state index in [2.05, 4.69) is 10.1 Å². The molecule has 2 rings (SSSR count). The number of benzene rings is 1. The first kappa shape index (κ1) is 13.7. The molecule has 0 saturated carbocycles. The van der Waals surface area contributed by atoms with Gasteiger partial charge in [-0.1, -0.05) is 18.2 Å². The van der Waals surface area contributed by atoms with Crippen molar-refractivity contribution in [3.63, 3.8) is 0 Å². The second-order valence-electron chi connectivity index (χ2n) is 4.10. The van der Waals surface area contributed by atoms with Crippen LogP contribution in [0.3, 0.4) is 0 Å². The molecule has 104 valence electrons. The fourth-order valence-corrected chi connectivity index (χ4v) is 1.75. The van der Waals surface area contributed by atoms with Gasteiger partial charge in [-0.3, -0.25) is 0 Å². The minimum atomic E-state index is -4.71. The zero-order chi connectivity index (χ0) is 13.7. The largest absolute Gasteiger partial charge is 0.573 e. The number of halogens is 3. The van der Waals surface area contributed by atoms with E-state index < -0.39 is 6.36 Å². The van der Waals surface area contributed by atoms with Crippen molar-refractivity contribution >= 4 is 0 Å². The number of hydrogen-bond donors (Lipinski definition) is 1. The Morgan fingerprint density at radius 3 is 2.53 bits per heavy atom. The summed E-state index contributed by atoms with van der Waals surface area (Å²) in [5, 5.41) is 3.15. The van der Waals surface area contributed by atoms with Crippen LogP contribution in [0.4, 0.5) is 13.2 Å². The van der Waals surface area contributed by atoms with Crippen LogP contribution in [0.2, 0.25) is 0 Å². The van der Waals surface area contributed by atoms with E-state index in [9.17, 15) is 13.2 Å². The van der Waals surface area contributed by atoms with E-state index in [1.807, 2.05) is 6.08 Å². The van der Waals surface area contributed by atoms with Crippen molar-refractivity contribution in [2.24, 2.45) is 0 Å². The molecule has 0 saturated heterocycles. The summed E-state index contributed by atoms with van der Waals surface area (Å²) in [7, 11) is 0. The fourth-order valence-electron chi connectivity index (χ4n) is 1.75. The molecule has 6 heteroatoms. The number of alkyl halides is 3. The maximum Gasteiger partial charge on any atom is 0.573 e. The molecule has 1 aromatic rings. The molecule has 0 atom stereocenters. The van der Waals surface area contributed by atoms with Crippen LogP contribution in [-0.2, 0) is 0 Å². The molecular weight excluding hydrogens is 259 g/mol. The summed E-state index contributed by atoms with van der Waals surface area (Å²) in [6, 6.07) is 5.77. The van der Waals surface area contributed by atoms with Gasteiger partial charge in [0, 0.05) is 6.54 Å². The topological polar surface area (TPSA) is 30.5 Å². The highest BCUT2D eigenvalue weighted by Crippen LogP contribution is 2.32. The number of para-hydroxylation sites is 2. The van der Waals surface area contributed by atoms with Crippen molar-refractivity contribution in [3.05, 3.63) is 35.9 Å². The van der Waals surface area contributed by atoms with Crippen molar-refractivity contribution in [1.29, 1.82) is 0 Å². The molecule has 0 aromatic heterocycles. The van der Waals surface area contributed by atoms with Crippen LogP contribution >= 0.6 is 0 Å². The van der Waals surface area contributed by atoms with Gasteiger partial charge in [0.15, 0.2) is 11.5 Å². The van der Waals surface area contributed by atoms with E-state index in [0.717, 1.165) is 25.1 Å². The molecule has 0 amide bonds. The van der Waals surface area contributed by atoms with Gasteiger partial charge in [-0.15, -0.1) is 13.2 Å². The highest BCUT2D eigenvalue weighted by Gasteiger charge is 2.32. The van der Waals surface area contributed by atoms with Crippen LogP contribution in [0.5, 0.6) is 11.5 Å². The maximum absolute atomic E-state index is 12.2. The Hall–Kier alpha value is -1.69. The predicted molar refractivity (Wildman–Crippen MR) is 64.2 cm³/mol. The molecule has 0 unspecified atom stereocenters. The first-order valence-electron chi connectivity index (χ1n) is 5.91. The Balaban J connectivity index is 2.01. The van der Waals surface area contributed by atoms with E-state index in [-0.39, 0.29) is 18.1 Å². The first-order chi connectivity index (χ1) is 9.04. The summed E-state index contributed by atoms with van der Waals surface area (Å²) in [4.78, 5) is 0. The molecule has 1 aromatic carbocycles. The molecule has 0 aliphatic carbocycles. The summed E-state index contributed by atoms with van der Waals surface area (Å²) < 4.78 is 46.0. The predicted octanol–water partition coefficient (Wildman–Crippen LogP) is 2.88. The summed E-state index contributed by atoms with van der Waals surface area (Å²) in [6.07, 6.45) is -1.90. The van der Waals surface area contributed by atoms with Crippen LogP contribution < -0.4 is 14.8 Å². The Labute approximate surface area is 109 Å². The van der Waals surface area contributed by atoms with Gasteiger partial charge in [0.1, 0.15) is 6.61 Å². The molecule has 0 fully saturated rings. The molecule has 1 heterocycles. The molecule has 1 aliphatic rings. The number of ether oxygens (including phenoxy) is 2. The van der Waals surface area contributed by atoms with Crippen molar-refractivity contribution in [2.45, 2.75) is 12.8 Å². The molecule has 3 nitrogen and oxygen atoms in total. The second kappa shape index (κ2) is 5.97. The summed E-state index contributed by atoms with van der Waals surface area (Å²) in [5.41, 5.74) is 1.07. The number of hydrogen-bond acceptors (Lipinski definition) is 3. The van der Waals surface area contributed by atoms with Gasteiger partial charge < -0.3 is 14.8 Å². The lowest BCUT2D eigenvalue weighted by Gasteiger charge is -2.17. The third-order valence-corrected chi connectivity index (χ3v) is 2.65. The van der Waals surface area contributed by atoms with Crippen LogP contribution in [0.1, 0.15) is 6.42 Å². The van der Waals surface area contributed by atoms with Gasteiger partial charge in [-0.25, -0.2) is 0 Å². The van der Waals surface area contributed by atoms with E-state index >= 15 is 0 Å². The van der Waals surface area contributed by atoms with E-state index in [1.165, 1.54) is 18.2 Å². The van der Waals surface area contributed by atoms with E-state index in [1.54, 1.807) is 6.07 Å². The zero-order valence-electron chi connectivity index (χ0n) is 10.2. The van der Waals surface area contributed by atoms with Crippen molar-refractivity contribution in [3.8, 4) is 11.5 Å². The maximum atomic E-state index is 12.2. The van der Waals surface area contributed by atoms with Crippen molar-refractivity contribution in [2.75, 3.05) is 19.7 Å². The smallest absolute Gasteiger partial charge is 0.485 e. The summed E-state index contributed by atoms with van der Waals surface area (Å²) >= 11 is 0. The lowest BCUT2D eigenvalue weighted by molar-refractivity contribution is -0.275. The molecule has 1 N–H and O–H groups in total. The van der Waals surface area contributed by atoms with Gasteiger partial charge in [-0.2, -0.15) is 0 Å². The molecule has 0 radical (unpaired) electrons. The van der Waals surface area contributed by atoms with Gasteiger partial charge >= 0.3 is 6.36 Å². The molecule has 0 spiro atoms. The molecule has 0 bridgehead atoms. The number of rotatable bonds is 4. The normalized spacial score (nSPS) is 15.8. The fraction of sp³-hybridized carbons (Fsp3) is 0.385. The Bertz CT molecular complexity index is 457. The van der Waals surface area contributed by atoms with Gasteiger partial charge in [0.2, 0.25) is 0 Å². The van der Waals surface area contributed by atoms with Crippen molar-refractivity contribution in [1.82, 2.24) is 5.32 Å². The molecule has 1 aliphatic heterocycles. The van der Waals surface area contributed by atoms with E-state index in [0.29, 0.717) is 0 Å². The zero-order valence-corrected chi connectivity index (χ0v) is 10.2. The Morgan fingerprint density at radius 2 is 1.89 bits per heavy atom. The van der Waals surface area contributed by atoms with Crippen LogP contribution in [0, 0.1) is 0 Å². The molecular formula is C13H14F3NO2. The number of nitrogens with one attached hydrogen (secondary N) is 1. The van der Waals surface area contributed by atoms with Crippen molar-refractivity contribution < 1.29 is 22.6 Å². The third-order valence-electron chi connectivity index (χ3n) is 2.65. The van der Waals surface area contributed by atoms with Gasteiger partial charge in [0.05, 0.1) is 0 Å². The monoisotopic (exact) mass is 273 g/mol. The second-order valence-corrected chi connectivity index (χ2v) is 4.10. The summed E-state index contributed by atoms with van der Waals surface area (Å²) in [5.74, 6) is -0.219. The van der Waals surface area contributed by atoms with Crippen LogP contribution in [0.25, 0.3) is 0 Å². The lowest BCUT2D eigenvalue weighted by Crippen LogP contribution is -2.22. The molecule has 19 heavy (non-hydrogen) atoms. The first-order valence-corrected chi connectivity index (χ1v) is 5.91. The highest BCUT2D eigenvalue weighted by molar-refractivity contribution is 5.39. The SMILES string of the molecule is FC(F)(F)Oc1ccccc1OCC1=CCNCC1. The Kier molecular flexibility index (Phi) is 4.31. The van der Waals surface area contributed by atoms with Crippen LogP contribution in [0.15, 0.2) is 35.9 Å². The van der Waals surface area contributed by atoms with E-state index in [4.69, 9.17) is 4.74 Å². The van der Waals surface area contributed by atoms with Gasteiger partial charge in [-0.05, 0) is 30.7 Å². The Morgan fingerprint density at radius 1 is 1.16 bits per heavy atom. The average molecular weight is 273 g/mol. The summed E-state index contributed by atoms with van der Waals surface area (Å²) in [6.45, 7) is 1.90. The minimum Gasteiger partial charge on any atom is -0.485 e.